The molecule has 112 valence electrons. The Morgan fingerprint density at radius 1 is 1.50 bits per heavy atom. The minimum atomic E-state index is -0.546. The predicted molar refractivity (Wildman–Crippen MR) is 78.6 cm³/mol. The molecule has 1 amide bonds. The third kappa shape index (κ3) is 4.44. The molecule has 0 heterocycles. The van der Waals surface area contributed by atoms with Gasteiger partial charge in [-0.25, -0.2) is 4.39 Å². The molecule has 1 aromatic rings. The fourth-order valence-electron chi connectivity index (χ4n) is 2.04. The second-order valence-corrected chi connectivity index (χ2v) is 5.16. The second-order valence-electron chi connectivity index (χ2n) is 4.75. The lowest BCUT2D eigenvalue weighted by Crippen LogP contribution is -2.15. The Kier molecular flexibility index (Phi) is 6.91. The highest BCUT2D eigenvalue weighted by atomic mass is 35.5. The third-order valence-corrected chi connectivity index (χ3v) is 3.32. The van der Waals surface area contributed by atoms with Crippen LogP contribution in [-0.4, -0.2) is 39.1 Å². The van der Waals surface area contributed by atoms with E-state index in [1.54, 1.807) is 6.07 Å². The molecule has 1 unspecified atom stereocenters. The molecule has 4 nitrogen and oxygen atoms in total. The standard InChI is InChI=1S/C14H20ClFN2O2/c1-18(2)8-4-5-12(20-3)13-11(17-9-19)7-6-10(15)14(13)16/h6-7,9,12H,4-5,8H2,1-3H3,(H,17,19). The van der Waals surface area contributed by atoms with Crippen LogP contribution in [0.3, 0.4) is 0 Å². The fourth-order valence-corrected chi connectivity index (χ4v) is 2.21. The SMILES string of the molecule is COC(CCCN(C)C)c1c(NC=O)ccc(Cl)c1F. The Bertz CT molecular complexity index is 455. The number of nitrogens with zero attached hydrogens (tertiary/aromatic N) is 1. The summed E-state index contributed by atoms with van der Waals surface area (Å²) >= 11 is 5.82. The summed E-state index contributed by atoms with van der Waals surface area (Å²) in [4.78, 5) is 12.7. The molecular weight excluding hydrogens is 283 g/mol. The van der Waals surface area contributed by atoms with Gasteiger partial charge in [-0.15, -0.1) is 0 Å². The highest BCUT2D eigenvalue weighted by Crippen LogP contribution is 2.34. The quantitative estimate of drug-likeness (QED) is 0.750. The summed E-state index contributed by atoms with van der Waals surface area (Å²) in [6.07, 6.45) is 1.55. The zero-order valence-corrected chi connectivity index (χ0v) is 12.7. The lowest BCUT2D eigenvalue weighted by Gasteiger charge is -2.21. The van der Waals surface area contributed by atoms with E-state index in [-0.39, 0.29) is 5.02 Å². The number of rotatable bonds is 8. The Morgan fingerprint density at radius 2 is 2.20 bits per heavy atom. The molecule has 1 N–H and O–H groups in total. The Labute approximate surface area is 123 Å². The van der Waals surface area contributed by atoms with Crippen LogP contribution in [0.15, 0.2) is 12.1 Å². The van der Waals surface area contributed by atoms with Crippen molar-refractivity contribution in [2.45, 2.75) is 18.9 Å². The van der Waals surface area contributed by atoms with Gasteiger partial charge < -0.3 is 15.0 Å². The maximum Gasteiger partial charge on any atom is 0.211 e. The molecule has 1 aromatic carbocycles. The molecular formula is C14H20ClFN2O2. The number of benzene rings is 1. The van der Waals surface area contributed by atoms with E-state index in [2.05, 4.69) is 5.32 Å². The van der Waals surface area contributed by atoms with Crippen LogP contribution in [0.2, 0.25) is 5.02 Å². The Morgan fingerprint density at radius 3 is 2.75 bits per heavy atom. The number of ether oxygens (including phenoxy) is 1. The summed E-state index contributed by atoms with van der Waals surface area (Å²) in [7, 11) is 5.47. The molecule has 0 saturated heterocycles. The number of hydrogen-bond donors (Lipinski definition) is 1. The average molecular weight is 303 g/mol. The Hall–Kier alpha value is -1.17. The van der Waals surface area contributed by atoms with E-state index in [0.29, 0.717) is 24.1 Å². The molecule has 1 atom stereocenters. The van der Waals surface area contributed by atoms with Crippen molar-refractivity contribution in [1.29, 1.82) is 0 Å². The van der Waals surface area contributed by atoms with E-state index in [9.17, 15) is 9.18 Å². The monoisotopic (exact) mass is 302 g/mol. The number of anilines is 1. The summed E-state index contributed by atoms with van der Waals surface area (Å²) in [6.45, 7) is 0.873. The van der Waals surface area contributed by atoms with Crippen LogP contribution in [0.5, 0.6) is 0 Å². The second kappa shape index (κ2) is 8.19. The van der Waals surface area contributed by atoms with Crippen LogP contribution in [0, 0.1) is 5.82 Å². The number of hydrogen-bond acceptors (Lipinski definition) is 3. The summed E-state index contributed by atoms with van der Waals surface area (Å²) in [6, 6.07) is 2.99. The first-order chi connectivity index (χ1) is 9.51. The summed E-state index contributed by atoms with van der Waals surface area (Å²) in [5, 5.41) is 2.51. The average Bonchev–Trinajstić information content (AvgIpc) is 2.40. The minimum Gasteiger partial charge on any atom is -0.377 e. The van der Waals surface area contributed by atoms with Crippen LogP contribution >= 0.6 is 11.6 Å². The van der Waals surface area contributed by atoms with Crippen molar-refractivity contribution >= 4 is 23.7 Å². The van der Waals surface area contributed by atoms with Gasteiger partial charge in [-0.2, -0.15) is 0 Å². The van der Waals surface area contributed by atoms with Crippen molar-refractivity contribution in [1.82, 2.24) is 4.90 Å². The van der Waals surface area contributed by atoms with Gasteiger partial charge in [-0.1, -0.05) is 11.6 Å². The van der Waals surface area contributed by atoms with E-state index < -0.39 is 11.9 Å². The zero-order chi connectivity index (χ0) is 15.1. The van der Waals surface area contributed by atoms with Crippen molar-refractivity contribution in [2.24, 2.45) is 0 Å². The van der Waals surface area contributed by atoms with Gasteiger partial charge in [0.25, 0.3) is 0 Å². The van der Waals surface area contributed by atoms with Gasteiger partial charge in [0.15, 0.2) is 0 Å². The number of methoxy groups -OCH3 is 1. The topological polar surface area (TPSA) is 41.6 Å². The molecule has 1 rings (SSSR count). The molecule has 0 bridgehead atoms. The number of carbonyl (C=O) groups excluding carboxylic acids is 1. The van der Waals surface area contributed by atoms with E-state index >= 15 is 0 Å². The van der Waals surface area contributed by atoms with Crippen molar-refractivity contribution in [3.05, 3.63) is 28.5 Å². The van der Waals surface area contributed by atoms with E-state index in [1.807, 2.05) is 19.0 Å². The van der Waals surface area contributed by atoms with E-state index in [0.717, 1.165) is 13.0 Å². The first-order valence-corrected chi connectivity index (χ1v) is 6.74. The first-order valence-electron chi connectivity index (χ1n) is 6.36. The molecule has 20 heavy (non-hydrogen) atoms. The summed E-state index contributed by atoms with van der Waals surface area (Å²) < 4.78 is 19.6. The van der Waals surface area contributed by atoms with E-state index in [4.69, 9.17) is 16.3 Å². The fraction of sp³-hybridized carbons (Fsp3) is 0.500. The van der Waals surface area contributed by atoms with Crippen molar-refractivity contribution in [3.63, 3.8) is 0 Å². The van der Waals surface area contributed by atoms with Crippen molar-refractivity contribution < 1.29 is 13.9 Å². The van der Waals surface area contributed by atoms with Crippen LogP contribution < -0.4 is 5.32 Å². The molecule has 0 spiro atoms. The highest BCUT2D eigenvalue weighted by Gasteiger charge is 2.21. The van der Waals surface area contributed by atoms with Gasteiger partial charge in [0.2, 0.25) is 6.41 Å². The van der Waals surface area contributed by atoms with Crippen LogP contribution in [0.4, 0.5) is 10.1 Å². The molecule has 0 aliphatic heterocycles. The first kappa shape index (κ1) is 16.9. The molecule has 0 saturated carbocycles. The van der Waals surface area contributed by atoms with Gasteiger partial charge in [0.1, 0.15) is 5.82 Å². The van der Waals surface area contributed by atoms with Gasteiger partial charge in [0.05, 0.1) is 11.1 Å². The van der Waals surface area contributed by atoms with Gasteiger partial charge in [0, 0.05) is 18.4 Å². The lowest BCUT2D eigenvalue weighted by atomic mass is 10.0. The molecule has 6 heteroatoms. The van der Waals surface area contributed by atoms with Crippen LogP contribution in [0.25, 0.3) is 0 Å². The number of carbonyl (C=O) groups is 1. The van der Waals surface area contributed by atoms with Gasteiger partial charge in [-0.3, -0.25) is 4.79 Å². The molecule has 0 radical (unpaired) electrons. The summed E-state index contributed by atoms with van der Waals surface area (Å²) in [5.74, 6) is -0.546. The molecule has 0 aliphatic rings. The highest BCUT2D eigenvalue weighted by molar-refractivity contribution is 6.30. The molecule has 0 fully saturated rings. The number of nitrogens with one attached hydrogen (secondary N) is 1. The minimum absolute atomic E-state index is 0.0195. The van der Waals surface area contributed by atoms with Crippen LogP contribution in [-0.2, 0) is 9.53 Å². The normalized spacial score (nSPS) is 12.5. The lowest BCUT2D eigenvalue weighted by molar-refractivity contribution is -0.105. The predicted octanol–water partition coefficient (Wildman–Crippen LogP) is 3.08. The van der Waals surface area contributed by atoms with Crippen molar-refractivity contribution in [3.8, 4) is 0 Å². The van der Waals surface area contributed by atoms with Gasteiger partial charge >= 0.3 is 0 Å². The van der Waals surface area contributed by atoms with E-state index in [1.165, 1.54) is 13.2 Å². The van der Waals surface area contributed by atoms with Crippen LogP contribution in [0.1, 0.15) is 24.5 Å². The molecule has 0 aliphatic carbocycles. The smallest absolute Gasteiger partial charge is 0.211 e. The third-order valence-electron chi connectivity index (χ3n) is 3.03. The Balaban J connectivity index is 2.99. The zero-order valence-electron chi connectivity index (χ0n) is 12.0. The maximum absolute atomic E-state index is 14.2. The molecule has 0 aromatic heterocycles. The largest absolute Gasteiger partial charge is 0.377 e. The van der Waals surface area contributed by atoms with Gasteiger partial charge in [-0.05, 0) is 45.6 Å². The van der Waals surface area contributed by atoms with Crippen molar-refractivity contribution in [2.75, 3.05) is 33.1 Å². The summed E-state index contributed by atoms with van der Waals surface area (Å²) in [5.41, 5.74) is 0.685. The number of halogens is 2. The number of amides is 1. The maximum atomic E-state index is 14.2.